The Balaban J connectivity index is 1.56. The first-order valence-corrected chi connectivity index (χ1v) is 11.2. The highest BCUT2D eigenvalue weighted by atomic mass is 32.1. The monoisotopic (exact) mass is 467 g/mol. The second-order valence-corrected chi connectivity index (χ2v) is 8.72. The zero-order chi connectivity index (χ0) is 24.0. The summed E-state index contributed by atoms with van der Waals surface area (Å²) in [6.45, 7) is 5.01. The van der Waals surface area contributed by atoms with Gasteiger partial charge < -0.3 is 16.0 Å². The number of hydrogen-bond acceptors (Lipinski definition) is 6. The number of nitrogens with one attached hydrogen (secondary N) is 3. The molecule has 0 saturated heterocycles. The first-order valence-electron chi connectivity index (χ1n) is 10.3. The lowest BCUT2D eigenvalue weighted by Crippen LogP contribution is -2.50. The molecule has 3 aromatic rings. The van der Waals surface area contributed by atoms with Crippen molar-refractivity contribution in [1.82, 2.24) is 20.4 Å². The maximum Gasteiger partial charge on any atom is 0.267 e. The standard InChI is InChI=1S/C23H25N5O4S/c1-15(29)26-17-8-6-16(7-9-17)21(31)24-12-13-25-22(32)23(2,3)28-20(30)11-10-18(27-28)19-5-4-14-33-19/h4-11,14H,12-13H2,1-3H3,(H,24,31)(H,25,32)(H,26,29). The molecule has 3 amide bonds. The highest BCUT2D eigenvalue weighted by Gasteiger charge is 2.32. The van der Waals surface area contributed by atoms with Crippen LogP contribution in [0.3, 0.4) is 0 Å². The number of rotatable bonds is 8. The molecule has 0 aliphatic rings. The molecule has 0 radical (unpaired) electrons. The van der Waals surface area contributed by atoms with Crippen molar-refractivity contribution in [1.29, 1.82) is 0 Å². The van der Waals surface area contributed by atoms with Gasteiger partial charge in [-0.25, -0.2) is 4.68 Å². The highest BCUT2D eigenvalue weighted by molar-refractivity contribution is 7.13. The average molecular weight is 468 g/mol. The Morgan fingerprint density at radius 1 is 1.00 bits per heavy atom. The van der Waals surface area contributed by atoms with Crippen molar-refractivity contribution in [3.8, 4) is 10.6 Å². The molecule has 0 aliphatic heterocycles. The van der Waals surface area contributed by atoms with Crippen LogP contribution in [0.1, 0.15) is 31.1 Å². The molecule has 0 bridgehead atoms. The number of amides is 3. The van der Waals surface area contributed by atoms with E-state index in [0.29, 0.717) is 16.9 Å². The Labute approximate surface area is 194 Å². The summed E-state index contributed by atoms with van der Waals surface area (Å²) in [5.74, 6) is -0.893. The van der Waals surface area contributed by atoms with Crippen LogP contribution < -0.4 is 21.5 Å². The first kappa shape index (κ1) is 23.9. The van der Waals surface area contributed by atoms with Crippen LogP contribution in [-0.2, 0) is 15.1 Å². The molecule has 2 aromatic heterocycles. The number of aromatic nitrogens is 2. The number of anilines is 1. The number of hydrogen-bond donors (Lipinski definition) is 3. The largest absolute Gasteiger partial charge is 0.352 e. The van der Waals surface area contributed by atoms with Gasteiger partial charge in [0.2, 0.25) is 11.8 Å². The lowest BCUT2D eigenvalue weighted by molar-refractivity contribution is -0.129. The van der Waals surface area contributed by atoms with E-state index in [9.17, 15) is 19.2 Å². The van der Waals surface area contributed by atoms with E-state index in [1.54, 1.807) is 44.2 Å². The summed E-state index contributed by atoms with van der Waals surface area (Å²) in [4.78, 5) is 49.4. The van der Waals surface area contributed by atoms with Crippen molar-refractivity contribution in [3.63, 3.8) is 0 Å². The Hall–Kier alpha value is -3.79. The van der Waals surface area contributed by atoms with E-state index in [1.165, 1.54) is 29.0 Å². The summed E-state index contributed by atoms with van der Waals surface area (Å²) in [5, 5.41) is 14.4. The third-order valence-electron chi connectivity index (χ3n) is 4.82. The van der Waals surface area contributed by atoms with E-state index in [0.717, 1.165) is 4.88 Å². The van der Waals surface area contributed by atoms with Gasteiger partial charge >= 0.3 is 0 Å². The van der Waals surface area contributed by atoms with Crippen molar-refractivity contribution in [3.05, 3.63) is 69.8 Å². The molecule has 0 aliphatic carbocycles. The quantitative estimate of drug-likeness (QED) is 0.439. The van der Waals surface area contributed by atoms with Crippen molar-refractivity contribution >= 4 is 34.7 Å². The fourth-order valence-electron chi connectivity index (χ4n) is 3.04. The molecule has 9 nitrogen and oxygen atoms in total. The van der Waals surface area contributed by atoms with Gasteiger partial charge in [0.15, 0.2) is 0 Å². The van der Waals surface area contributed by atoms with Crippen LogP contribution in [0.4, 0.5) is 5.69 Å². The molecule has 0 fully saturated rings. The maximum atomic E-state index is 12.8. The van der Waals surface area contributed by atoms with E-state index in [2.05, 4.69) is 21.0 Å². The molecule has 2 heterocycles. The van der Waals surface area contributed by atoms with E-state index in [4.69, 9.17) is 0 Å². The minimum Gasteiger partial charge on any atom is -0.352 e. The van der Waals surface area contributed by atoms with Gasteiger partial charge in [-0.15, -0.1) is 11.3 Å². The maximum absolute atomic E-state index is 12.8. The zero-order valence-electron chi connectivity index (χ0n) is 18.5. The second kappa shape index (κ2) is 10.2. The van der Waals surface area contributed by atoms with Crippen molar-refractivity contribution in [2.45, 2.75) is 26.3 Å². The third kappa shape index (κ3) is 5.92. The van der Waals surface area contributed by atoms with Gasteiger partial charge in [-0.3, -0.25) is 19.2 Å². The summed E-state index contributed by atoms with van der Waals surface area (Å²) >= 11 is 1.49. The Bertz CT molecular complexity index is 1200. The van der Waals surface area contributed by atoms with Crippen molar-refractivity contribution in [2.24, 2.45) is 0 Å². The van der Waals surface area contributed by atoms with Crippen LogP contribution in [0.2, 0.25) is 0 Å². The minimum absolute atomic E-state index is 0.178. The van der Waals surface area contributed by atoms with Crippen LogP contribution in [0.25, 0.3) is 10.6 Å². The number of thiophene rings is 1. The summed E-state index contributed by atoms with van der Waals surface area (Å²) in [6.07, 6.45) is 0. The second-order valence-electron chi connectivity index (χ2n) is 7.78. The Morgan fingerprint density at radius 3 is 2.33 bits per heavy atom. The molecule has 0 spiro atoms. The number of carbonyl (C=O) groups excluding carboxylic acids is 3. The van der Waals surface area contributed by atoms with E-state index in [-0.39, 0.29) is 30.5 Å². The molecule has 10 heteroatoms. The summed E-state index contributed by atoms with van der Waals surface area (Å²) in [6, 6.07) is 13.3. The normalized spacial score (nSPS) is 11.0. The fourth-order valence-corrected chi connectivity index (χ4v) is 3.73. The van der Waals surface area contributed by atoms with Crippen LogP contribution in [0, 0.1) is 0 Å². The van der Waals surface area contributed by atoms with Gasteiger partial charge in [0.25, 0.3) is 11.5 Å². The number of nitrogens with zero attached hydrogens (tertiary/aromatic N) is 2. The third-order valence-corrected chi connectivity index (χ3v) is 5.72. The van der Waals surface area contributed by atoms with Crippen LogP contribution >= 0.6 is 11.3 Å². The summed E-state index contributed by atoms with van der Waals surface area (Å²) < 4.78 is 1.17. The fraction of sp³-hybridized carbons (Fsp3) is 0.261. The van der Waals surface area contributed by atoms with Crippen molar-refractivity contribution in [2.75, 3.05) is 18.4 Å². The van der Waals surface area contributed by atoms with Crippen molar-refractivity contribution < 1.29 is 14.4 Å². The first-order chi connectivity index (χ1) is 15.7. The topological polar surface area (TPSA) is 122 Å². The lowest BCUT2D eigenvalue weighted by atomic mass is 10.0. The Kier molecular flexibility index (Phi) is 7.39. The van der Waals surface area contributed by atoms with Gasteiger partial charge in [0.05, 0.1) is 4.88 Å². The molecule has 3 N–H and O–H groups in total. The van der Waals surface area contributed by atoms with Gasteiger partial charge in [-0.1, -0.05) is 6.07 Å². The molecular formula is C23H25N5O4S. The molecule has 172 valence electrons. The summed E-state index contributed by atoms with van der Waals surface area (Å²) in [7, 11) is 0. The average Bonchev–Trinajstić information content (AvgIpc) is 3.31. The number of carbonyl (C=O) groups is 3. The number of benzene rings is 1. The van der Waals surface area contributed by atoms with Gasteiger partial charge in [-0.2, -0.15) is 5.10 Å². The molecule has 0 saturated carbocycles. The van der Waals surface area contributed by atoms with Crippen LogP contribution in [0.5, 0.6) is 0 Å². The SMILES string of the molecule is CC(=O)Nc1ccc(C(=O)NCCNC(=O)C(C)(C)n2nc(-c3cccs3)ccc2=O)cc1. The molecule has 33 heavy (non-hydrogen) atoms. The molecular weight excluding hydrogens is 442 g/mol. The van der Waals surface area contributed by atoms with E-state index in [1.807, 2.05) is 17.5 Å². The van der Waals surface area contributed by atoms with Crippen LogP contribution in [-0.4, -0.2) is 40.6 Å². The Morgan fingerprint density at radius 2 is 1.70 bits per heavy atom. The molecule has 3 rings (SSSR count). The van der Waals surface area contributed by atoms with E-state index < -0.39 is 11.4 Å². The predicted molar refractivity (Wildman–Crippen MR) is 127 cm³/mol. The van der Waals surface area contributed by atoms with Gasteiger partial charge in [0.1, 0.15) is 11.2 Å². The predicted octanol–water partition coefficient (Wildman–Crippen LogP) is 2.21. The van der Waals surface area contributed by atoms with E-state index >= 15 is 0 Å². The zero-order valence-corrected chi connectivity index (χ0v) is 19.4. The van der Waals surface area contributed by atoms with Crippen LogP contribution in [0.15, 0.2) is 58.7 Å². The lowest BCUT2D eigenvalue weighted by Gasteiger charge is -2.25. The molecule has 0 atom stereocenters. The van der Waals surface area contributed by atoms with Gasteiger partial charge in [0, 0.05) is 37.3 Å². The summed E-state index contributed by atoms with van der Waals surface area (Å²) in [5.41, 5.74) is 0.0274. The molecule has 1 aromatic carbocycles. The minimum atomic E-state index is -1.23. The molecule has 0 unspecified atom stereocenters. The van der Waals surface area contributed by atoms with Gasteiger partial charge in [-0.05, 0) is 55.6 Å². The highest BCUT2D eigenvalue weighted by Crippen LogP contribution is 2.22. The smallest absolute Gasteiger partial charge is 0.267 e.